The number of nitrogens with two attached hydrogens (primary N) is 1. The highest BCUT2D eigenvalue weighted by atomic mass is 32.1. The highest BCUT2D eigenvalue weighted by molar-refractivity contribution is 7.46. The predicted octanol–water partition coefficient (Wildman–Crippen LogP) is 5.44. The Balaban J connectivity index is 1.62. The number of aromatic nitrogens is 2. The van der Waals surface area contributed by atoms with Crippen molar-refractivity contribution in [1.82, 2.24) is 10.2 Å². The molecule has 0 saturated carbocycles. The van der Waals surface area contributed by atoms with Gasteiger partial charge in [0, 0.05) is 5.56 Å². The lowest BCUT2D eigenvalue weighted by molar-refractivity contribution is -0.138. The third kappa shape index (κ3) is 8.84. The van der Waals surface area contributed by atoms with Crippen molar-refractivity contribution in [2.24, 2.45) is 5.73 Å². The Morgan fingerprint density at radius 1 is 1.05 bits per heavy atom. The highest BCUT2D eigenvalue weighted by Gasteiger charge is 2.35. The van der Waals surface area contributed by atoms with Crippen molar-refractivity contribution in [3.8, 4) is 16.3 Å². The van der Waals surface area contributed by atoms with Crippen LogP contribution in [0.3, 0.4) is 0 Å². The molecular formula is C23H26F4N3O5PS. The molecule has 1 heterocycles. The van der Waals surface area contributed by atoms with Gasteiger partial charge in [-0.3, -0.25) is 4.52 Å². The first kappa shape index (κ1) is 29.2. The molecule has 0 aliphatic carbocycles. The summed E-state index contributed by atoms with van der Waals surface area (Å²) in [6.07, 6.45) is -1.88. The van der Waals surface area contributed by atoms with Crippen molar-refractivity contribution < 1.29 is 41.2 Å². The van der Waals surface area contributed by atoms with E-state index in [1.807, 2.05) is 0 Å². The monoisotopic (exact) mass is 563 g/mol. The summed E-state index contributed by atoms with van der Waals surface area (Å²) in [4.78, 5) is 17.7. The van der Waals surface area contributed by atoms with Crippen LogP contribution in [0.2, 0.25) is 0 Å². The van der Waals surface area contributed by atoms with Crippen LogP contribution in [-0.2, 0) is 27.2 Å². The summed E-state index contributed by atoms with van der Waals surface area (Å²) in [5.74, 6) is -0.612. The molecule has 0 bridgehead atoms. The van der Waals surface area contributed by atoms with Crippen molar-refractivity contribution in [2.75, 3.05) is 13.2 Å². The maximum absolute atomic E-state index is 13.7. The fourth-order valence-corrected chi connectivity index (χ4v) is 4.62. The first-order valence-electron chi connectivity index (χ1n) is 11.2. The number of rotatable bonds is 12. The molecule has 1 aromatic heterocycles. The largest absolute Gasteiger partial charge is 0.493 e. The number of benzene rings is 2. The molecule has 4 N–H and O–H groups in total. The maximum atomic E-state index is 13.7. The topological polar surface area (TPSA) is 128 Å². The molecule has 3 rings (SSSR count). The van der Waals surface area contributed by atoms with E-state index in [4.69, 9.17) is 20.3 Å². The number of hydrogen-bond donors (Lipinski definition) is 3. The van der Waals surface area contributed by atoms with Gasteiger partial charge >= 0.3 is 14.0 Å². The lowest BCUT2D eigenvalue weighted by Gasteiger charge is -2.21. The molecule has 202 valence electrons. The van der Waals surface area contributed by atoms with Crippen LogP contribution < -0.4 is 10.5 Å². The van der Waals surface area contributed by atoms with E-state index in [0.717, 1.165) is 42.2 Å². The molecular weight excluding hydrogens is 537 g/mol. The summed E-state index contributed by atoms with van der Waals surface area (Å²) < 4.78 is 75.0. The van der Waals surface area contributed by atoms with Gasteiger partial charge in [-0.2, -0.15) is 13.2 Å². The van der Waals surface area contributed by atoms with Crippen LogP contribution in [0.1, 0.15) is 42.3 Å². The molecule has 14 heteroatoms. The molecule has 0 saturated heterocycles. The van der Waals surface area contributed by atoms with Gasteiger partial charge in [-0.05, 0) is 68.5 Å². The van der Waals surface area contributed by atoms with Gasteiger partial charge < -0.3 is 20.3 Å². The van der Waals surface area contributed by atoms with Gasteiger partial charge in [-0.15, -0.1) is 10.2 Å². The number of phosphoric acid groups is 1. The van der Waals surface area contributed by atoms with E-state index in [-0.39, 0.29) is 33.8 Å². The van der Waals surface area contributed by atoms with E-state index in [0.29, 0.717) is 6.42 Å². The fraction of sp³-hybridized carbons (Fsp3) is 0.391. The lowest BCUT2D eigenvalue weighted by atomic mass is 10.1. The molecule has 0 spiro atoms. The van der Waals surface area contributed by atoms with Crippen molar-refractivity contribution in [1.29, 1.82) is 0 Å². The van der Waals surface area contributed by atoms with Crippen LogP contribution in [0.5, 0.6) is 5.75 Å². The zero-order valence-corrected chi connectivity index (χ0v) is 21.5. The minimum Gasteiger partial charge on any atom is -0.493 e. The van der Waals surface area contributed by atoms with Crippen LogP contribution in [0.4, 0.5) is 17.6 Å². The Kier molecular flexibility index (Phi) is 9.43. The van der Waals surface area contributed by atoms with Gasteiger partial charge in [0.25, 0.3) is 0 Å². The Bertz CT molecular complexity index is 1230. The Morgan fingerprint density at radius 2 is 1.76 bits per heavy atom. The average Bonchev–Trinajstić information content (AvgIpc) is 3.32. The smallest absolute Gasteiger partial charge is 0.469 e. The van der Waals surface area contributed by atoms with Crippen LogP contribution in [0.25, 0.3) is 10.6 Å². The zero-order chi connectivity index (χ0) is 27.3. The van der Waals surface area contributed by atoms with Gasteiger partial charge in [-0.25, -0.2) is 8.96 Å². The minimum atomic E-state index is -4.77. The third-order valence-electron chi connectivity index (χ3n) is 5.26. The summed E-state index contributed by atoms with van der Waals surface area (Å²) in [6, 6.07) is 9.73. The molecule has 0 fully saturated rings. The second-order valence-corrected chi connectivity index (χ2v) is 10.8. The van der Waals surface area contributed by atoms with E-state index in [1.165, 1.54) is 31.2 Å². The summed E-state index contributed by atoms with van der Waals surface area (Å²) in [5.41, 5.74) is 4.74. The Morgan fingerprint density at radius 3 is 2.41 bits per heavy atom. The second kappa shape index (κ2) is 12.0. The number of nitrogens with zero attached hydrogens (tertiary/aromatic N) is 2. The van der Waals surface area contributed by atoms with Crippen molar-refractivity contribution >= 4 is 19.2 Å². The summed E-state index contributed by atoms with van der Waals surface area (Å²) in [6.45, 7) is 0.932. The van der Waals surface area contributed by atoms with E-state index in [9.17, 15) is 22.1 Å². The first-order valence-corrected chi connectivity index (χ1v) is 13.5. The molecule has 0 aliphatic rings. The molecule has 0 amide bonds. The molecule has 3 aromatic rings. The first-order chi connectivity index (χ1) is 17.2. The molecule has 2 aromatic carbocycles. The van der Waals surface area contributed by atoms with Gasteiger partial charge in [-0.1, -0.05) is 23.5 Å². The van der Waals surface area contributed by atoms with Gasteiger partial charge in [0.05, 0.1) is 24.3 Å². The predicted molar refractivity (Wildman–Crippen MR) is 129 cm³/mol. The maximum Gasteiger partial charge on any atom is 0.469 e. The quantitative estimate of drug-likeness (QED) is 0.151. The number of aryl methyl sites for hydroxylation is 1. The summed E-state index contributed by atoms with van der Waals surface area (Å²) in [5, 5.41) is 8.02. The lowest BCUT2D eigenvalue weighted by Crippen LogP contribution is -2.37. The van der Waals surface area contributed by atoms with Crippen molar-refractivity contribution in [3.63, 3.8) is 0 Å². The average molecular weight is 564 g/mol. The van der Waals surface area contributed by atoms with Crippen molar-refractivity contribution in [2.45, 2.75) is 44.3 Å². The van der Waals surface area contributed by atoms with Gasteiger partial charge in [0.2, 0.25) is 0 Å². The number of halogens is 4. The van der Waals surface area contributed by atoms with Crippen LogP contribution in [-0.4, -0.2) is 33.2 Å². The number of unbranched alkanes of at least 4 members (excludes halogenated alkanes) is 2. The SMILES string of the molecule is C[C@](N)(COP(=O)(O)O)c1nnc(-c2ccc(OCCCCCc3ccc(F)cc3)c(C(F)(F)F)c2)s1. The van der Waals surface area contributed by atoms with E-state index >= 15 is 0 Å². The van der Waals surface area contributed by atoms with E-state index in [2.05, 4.69) is 14.7 Å². The molecule has 0 unspecified atom stereocenters. The molecule has 8 nitrogen and oxygen atoms in total. The molecule has 1 atom stereocenters. The van der Waals surface area contributed by atoms with Gasteiger partial charge in [0.1, 0.15) is 21.6 Å². The molecule has 0 aliphatic heterocycles. The third-order valence-corrected chi connectivity index (χ3v) is 6.98. The molecule has 0 radical (unpaired) electrons. The number of ether oxygens (including phenoxy) is 1. The summed E-state index contributed by atoms with van der Waals surface area (Å²) in [7, 11) is -4.77. The number of hydrogen-bond acceptors (Lipinski definition) is 7. The second-order valence-electron chi connectivity index (χ2n) is 8.59. The van der Waals surface area contributed by atoms with Crippen LogP contribution >= 0.6 is 19.2 Å². The summed E-state index contributed by atoms with van der Waals surface area (Å²) >= 11 is 0.885. The van der Waals surface area contributed by atoms with Gasteiger partial charge in [0.15, 0.2) is 0 Å². The van der Waals surface area contributed by atoms with E-state index < -0.39 is 31.7 Å². The number of phosphoric ester groups is 1. The Labute approximate surface area is 214 Å². The number of alkyl halides is 3. The van der Waals surface area contributed by atoms with E-state index in [1.54, 1.807) is 12.1 Å². The van der Waals surface area contributed by atoms with Crippen molar-refractivity contribution in [3.05, 3.63) is 64.4 Å². The Hall–Kier alpha value is -2.41. The van der Waals surface area contributed by atoms with Crippen LogP contribution in [0.15, 0.2) is 42.5 Å². The van der Waals surface area contributed by atoms with Crippen LogP contribution in [0, 0.1) is 5.82 Å². The minimum absolute atomic E-state index is 0.0971. The molecule has 37 heavy (non-hydrogen) atoms. The normalized spacial score (nSPS) is 13.9. The zero-order valence-electron chi connectivity index (χ0n) is 19.7. The highest BCUT2D eigenvalue weighted by Crippen LogP contribution is 2.41. The standard InChI is InChI=1S/C23H26F4N3O5PS/c1-22(28,14-35-36(31,32)33)21-30-29-20(37-21)16-8-11-19(18(13-16)23(25,26)27)34-12-4-2-3-5-15-6-9-17(24)10-7-15/h6-11,13H,2-5,12,14,28H2,1H3,(H2,31,32,33)/t22-/m0/s1. The fourth-order valence-electron chi connectivity index (χ4n) is 3.30.